The van der Waals surface area contributed by atoms with Crippen LogP contribution in [0, 0.1) is 5.92 Å². The molecule has 3 rings (SSSR count). The number of ether oxygens (including phenoxy) is 2. The van der Waals surface area contributed by atoms with E-state index in [0.717, 1.165) is 32.4 Å². The summed E-state index contributed by atoms with van der Waals surface area (Å²) in [7, 11) is 1.54. The molecular formula is C15H24N2O4. The van der Waals surface area contributed by atoms with E-state index in [4.69, 9.17) is 9.47 Å². The first-order valence-electron chi connectivity index (χ1n) is 7.80. The topological polar surface area (TPSA) is 59.1 Å². The van der Waals surface area contributed by atoms with Crippen LogP contribution in [0.3, 0.4) is 0 Å². The fourth-order valence-electron chi connectivity index (χ4n) is 3.56. The Morgan fingerprint density at radius 3 is 2.86 bits per heavy atom. The van der Waals surface area contributed by atoms with Gasteiger partial charge in [-0.2, -0.15) is 0 Å². The van der Waals surface area contributed by atoms with Gasteiger partial charge in [-0.05, 0) is 19.3 Å². The van der Waals surface area contributed by atoms with Gasteiger partial charge in [0.05, 0.1) is 19.7 Å². The fraction of sp³-hybridized carbons (Fsp3) is 0.867. The average molecular weight is 296 g/mol. The van der Waals surface area contributed by atoms with Gasteiger partial charge in [0.25, 0.3) is 0 Å². The molecule has 2 amide bonds. The van der Waals surface area contributed by atoms with Crippen molar-refractivity contribution >= 4 is 11.8 Å². The van der Waals surface area contributed by atoms with Crippen LogP contribution in [0.5, 0.6) is 0 Å². The predicted octanol–water partition coefficient (Wildman–Crippen LogP) is 0.263. The van der Waals surface area contributed by atoms with Crippen molar-refractivity contribution in [3.05, 3.63) is 0 Å². The first kappa shape index (κ1) is 14.8. The Balaban J connectivity index is 1.42. The quantitative estimate of drug-likeness (QED) is 0.747. The largest absolute Gasteiger partial charge is 0.375 e. The van der Waals surface area contributed by atoms with Gasteiger partial charge >= 0.3 is 0 Å². The minimum atomic E-state index is -0.130. The molecule has 6 heteroatoms. The third-order valence-electron chi connectivity index (χ3n) is 4.86. The second-order valence-corrected chi connectivity index (χ2v) is 6.52. The smallest absolute Gasteiger partial charge is 0.248 e. The second kappa shape index (κ2) is 5.93. The zero-order valence-electron chi connectivity index (χ0n) is 12.7. The summed E-state index contributed by atoms with van der Waals surface area (Å²) in [5, 5.41) is 0. The molecule has 0 aliphatic carbocycles. The van der Waals surface area contributed by atoms with E-state index in [1.807, 2.05) is 4.90 Å². The summed E-state index contributed by atoms with van der Waals surface area (Å²) in [6.07, 6.45) is 3.76. The predicted molar refractivity (Wildman–Crippen MR) is 75.7 cm³/mol. The molecule has 0 aromatic carbocycles. The number of carbonyl (C=O) groups excluding carboxylic acids is 2. The molecule has 3 fully saturated rings. The van der Waals surface area contributed by atoms with Gasteiger partial charge < -0.3 is 19.3 Å². The standard InChI is InChI=1S/C15H24N2O4/c1-20-9-14(19)17-10-15(11-17)5-4-12(8-21-15)7-16-6-2-3-13(16)18/h12H,2-11H2,1H3/t12-/m0/s1. The van der Waals surface area contributed by atoms with Crippen molar-refractivity contribution in [1.29, 1.82) is 0 Å². The van der Waals surface area contributed by atoms with Gasteiger partial charge in [0.2, 0.25) is 11.8 Å². The van der Waals surface area contributed by atoms with Crippen molar-refractivity contribution in [1.82, 2.24) is 9.80 Å². The highest BCUT2D eigenvalue weighted by Crippen LogP contribution is 2.36. The van der Waals surface area contributed by atoms with Crippen LogP contribution in [0.15, 0.2) is 0 Å². The van der Waals surface area contributed by atoms with Gasteiger partial charge in [0, 0.05) is 32.5 Å². The van der Waals surface area contributed by atoms with Crippen LogP contribution in [-0.4, -0.2) is 73.7 Å². The van der Waals surface area contributed by atoms with E-state index in [2.05, 4.69) is 0 Å². The molecule has 0 N–H and O–H groups in total. The van der Waals surface area contributed by atoms with Gasteiger partial charge in [-0.1, -0.05) is 0 Å². The highest BCUT2D eigenvalue weighted by molar-refractivity contribution is 5.78. The molecule has 1 atom stereocenters. The summed E-state index contributed by atoms with van der Waals surface area (Å²) in [5.74, 6) is 0.771. The van der Waals surface area contributed by atoms with Crippen molar-refractivity contribution in [2.75, 3.05) is 46.5 Å². The average Bonchev–Trinajstić information content (AvgIpc) is 2.83. The van der Waals surface area contributed by atoms with E-state index < -0.39 is 0 Å². The second-order valence-electron chi connectivity index (χ2n) is 6.52. The molecule has 3 heterocycles. The van der Waals surface area contributed by atoms with Gasteiger partial charge in [-0.3, -0.25) is 9.59 Å². The Morgan fingerprint density at radius 2 is 2.29 bits per heavy atom. The van der Waals surface area contributed by atoms with E-state index in [9.17, 15) is 9.59 Å². The Morgan fingerprint density at radius 1 is 1.48 bits per heavy atom. The first-order chi connectivity index (χ1) is 10.1. The molecule has 0 aromatic heterocycles. The molecule has 1 spiro atoms. The lowest BCUT2D eigenvalue weighted by Crippen LogP contribution is -2.67. The van der Waals surface area contributed by atoms with Gasteiger partial charge in [0.1, 0.15) is 12.2 Å². The van der Waals surface area contributed by atoms with Crippen molar-refractivity contribution in [2.45, 2.75) is 31.3 Å². The minimum absolute atomic E-state index is 0.0384. The number of rotatable bonds is 4. The highest BCUT2D eigenvalue weighted by atomic mass is 16.5. The number of carbonyl (C=O) groups is 2. The van der Waals surface area contributed by atoms with Crippen LogP contribution in [-0.2, 0) is 19.1 Å². The SMILES string of the molecule is COCC(=O)N1CC2(CC[C@@H](CN3CCCC3=O)CO2)C1. The van der Waals surface area contributed by atoms with Crippen LogP contribution in [0.1, 0.15) is 25.7 Å². The summed E-state index contributed by atoms with van der Waals surface area (Å²) < 4.78 is 10.9. The lowest BCUT2D eigenvalue weighted by molar-refractivity contribution is -0.191. The zero-order chi connectivity index (χ0) is 14.9. The Labute approximate surface area is 125 Å². The molecular weight excluding hydrogens is 272 g/mol. The summed E-state index contributed by atoms with van der Waals surface area (Å²) in [6.45, 7) is 3.96. The molecule has 0 bridgehead atoms. The lowest BCUT2D eigenvalue weighted by atomic mass is 9.82. The van der Waals surface area contributed by atoms with E-state index in [-0.39, 0.29) is 24.0 Å². The number of hydrogen-bond acceptors (Lipinski definition) is 4. The van der Waals surface area contributed by atoms with Crippen molar-refractivity contribution < 1.29 is 19.1 Å². The van der Waals surface area contributed by atoms with Crippen molar-refractivity contribution in [3.63, 3.8) is 0 Å². The lowest BCUT2D eigenvalue weighted by Gasteiger charge is -2.52. The number of likely N-dealkylation sites (tertiary alicyclic amines) is 2. The zero-order valence-corrected chi connectivity index (χ0v) is 12.7. The van der Waals surface area contributed by atoms with E-state index >= 15 is 0 Å². The molecule has 3 aliphatic rings. The minimum Gasteiger partial charge on any atom is -0.375 e. The Kier molecular flexibility index (Phi) is 4.17. The monoisotopic (exact) mass is 296 g/mol. The maximum Gasteiger partial charge on any atom is 0.248 e. The third kappa shape index (κ3) is 3.06. The van der Waals surface area contributed by atoms with Gasteiger partial charge in [-0.15, -0.1) is 0 Å². The van der Waals surface area contributed by atoms with E-state index in [1.165, 1.54) is 7.11 Å². The van der Waals surface area contributed by atoms with Crippen LogP contribution in [0.2, 0.25) is 0 Å². The molecule has 0 aromatic rings. The Hall–Kier alpha value is -1.14. The molecule has 0 unspecified atom stereocenters. The van der Waals surface area contributed by atoms with Crippen LogP contribution >= 0.6 is 0 Å². The Bertz CT molecular complexity index is 410. The summed E-state index contributed by atoms with van der Waals surface area (Å²) in [4.78, 5) is 27.1. The van der Waals surface area contributed by atoms with Gasteiger partial charge in [0.15, 0.2) is 0 Å². The van der Waals surface area contributed by atoms with Crippen molar-refractivity contribution in [2.24, 2.45) is 5.92 Å². The van der Waals surface area contributed by atoms with Crippen LogP contribution in [0.25, 0.3) is 0 Å². The summed E-state index contributed by atoms with van der Waals surface area (Å²) in [5.41, 5.74) is -0.130. The molecule has 3 saturated heterocycles. The maximum atomic E-state index is 11.7. The first-order valence-corrected chi connectivity index (χ1v) is 7.80. The summed E-state index contributed by atoms with van der Waals surface area (Å²) >= 11 is 0. The molecule has 3 aliphatic heterocycles. The van der Waals surface area contributed by atoms with Crippen LogP contribution in [0.4, 0.5) is 0 Å². The van der Waals surface area contributed by atoms with E-state index in [1.54, 1.807) is 4.90 Å². The fourth-order valence-corrected chi connectivity index (χ4v) is 3.56. The van der Waals surface area contributed by atoms with Crippen LogP contribution < -0.4 is 0 Å². The number of hydrogen-bond donors (Lipinski definition) is 0. The maximum absolute atomic E-state index is 11.7. The third-order valence-corrected chi connectivity index (χ3v) is 4.86. The van der Waals surface area contributed by atoms with Gasteiger partial charge in [-0.25, -0.2) is 0 Å². The molecule has 0 radical (unpaired) electrons. The number of methoxy groups -OCH3 is 1. The highest BCUT2D eigenvalue weighted by Gasteiger charge is 2.48. The molecule has 6 nitrogen and oxygen atoms in total. The summed E-state index contributed by atoms with van der Waals surface area (Å²) in [6, 6.07) is 0. The molecule has 21 heavy (non-hydrogen) atoms. The molecule has 0 saturated carbocycles. The normalized spacial score (nSPS) is 28.0. The number of amides is 2. The number of nitrogens with zero attached hydrogens (tertiary/aromatic N) is 2. The molecule has 118 valence electrons. The van der Waals surface area contributed by atoms with Crippen molar-refractivity contribution in [3.8, 4) is 0 Å². The van der Waals surface area contributed by atoms with E-state index in [0.29, 0.717) is 32.0 Å².